The summed E-state index contributed by atoms with van der Waals surface area (Å²) < 4.78 is 8.08. The molecule has 1 aliphatic carbocycles. The summed E-state index contributed by atoms with van der Waals surface area (Å²) in [6, 6.07) is 0.545. The van der Waals surface area contributed by atoms with Crippen molar-refractivity contribution in [1.29, 1.82) is 0 Å². The Morgan fingerprint density at radius 1 is 1.56 bits per heavy atom. The third-order valence-corrected chi connectivity index (χ3v) is 3.32. The average Bonchev–Trinajstić information content (AvgIpc) is 3.08. The zero-order chi connectivity index (χ0) is 13.1. The molecule has 0 saturated heterocycles. The molecule has 0 atom stereocenters. The molecule has 0 aliphatic heterocycles. The molecular weight excluding hydrogens is 248 g/mol. The molecule has 6 heteroatoms. The summed E-state index contributed by atoms with van der Waals surface area (Å²) >= 11 is 5.32. The Morgan fingerprint density at radius 3 is 2.83 bits per heavy atom. The monoisotopic (exact) mass is 270 g/mol. The first-order chi connectivity index (χ1) is 8.63. The largest absolute Gasteiger partial charge is 0.383 e. The summed E-state index contributed by atoms with van der Waals surface area (Å²) in [7, 11) is 1.73. The highest BCUT2D eigenvalue weighted by Gasteiger charge is 2.29. The average molecular weight is 270 g/mol. The zero-order valence-corrected chi connectivity index (χ0v) is 12.2. The van der Waals surface area contributed by atoms with Gasteiger partial charge in [0.05, 0.1) is 6.61 Å². The van der Waals surface area contributed by atoms with Crippen LogP contribution in [0.3, 0.4) is 0 Å². The fourth-order valence-electron chi connectivity index (χ4n) is 2.10. The highest BCUT2D eigenvalue weighted by molar-refractivity contribution is 7.71. The maximum atomic E-state index is 5.32. The van der Waals surface area contributed by atoms with Crippen molar-refractivity contribution in [1.82, 2.24) is 14.8 Å². The summed E-state index contributed by atoms with van der Waals surface area (Å²) in [6.45, 7) is 6.94. The van der Waals surface area contributed by atoms with Crippen molar-refractivity contribution in [3.8, 4) is 0 Å². The van der Waals surface area contributed by atoms with E-state index in [-0.39, 0.29) is 0 Å². The number of nitrogens with one attached hydrogen (secondary N) is 1. The fourth-order valence-corrected chi connectivity index (χ4v) is 2.37. The molecule has 102 valence electrons. The summed E-state index contributed by atoms with van der Waals surface area (Å²) in [6.07, 6.45) is 2.42. The van der Waals surface area contributed by atoms with Crippen LogP contribution < -0.4 is 4.90 Å². The summed E-state index contributed by atoms with van der Waals surface area (Å²) in [5.41, 5.74) is 0. The molecule has 1 heterocycles. The third-order valence-electron chi connectivity index (χ3n) is 3.03. The number of hydrogen-bond donors (Lipinski definition) is 1. The summed E-state index contributed by atoms with van der Waals surface area (Å²) in [5, 5.41) is 7.32. The first kappa shape index (κ1) is 13.5. The lowest BCUT2D eigenvalue weighted by Crippen LogP contribution is -2.33. The second-order valence-electron chi connectivity index (χ2n) is 5.26. The molecule has 2 rings (SSSR count). The van der Waals surface area contributed by atoms with Crippen LogP contribution in [0.1, 0.15) is 32.7 Å². The number of hydrogen-bond acceptors (Lipinski definition) is 4. The van der Waals surface area contributed by atoms with Crippen molar-refractivity contribution in [2.24, 2.45) is 5.92 Å². The van der Waals surface area contributed by atoms with Gasteiger partial charge in [0.1, 0.15) is 0 Å². The second-order valence-corrected chi connectivity index (χ2v) is 5.65. The van der Waals surface area contributed by atoms with Crippen molar-refractivity contribution in [3.63, 3.8) is 0 Å². The zero-order valence-electron chi connectivity index (χ0n) is 11.3. The summed E-state index contributed by atoms with van der Waals surface area (Å²) in [5.74, 6) is 1.55. The first-order valence-corrected chi connectivity index (χ1v) is 6.95. The van der Waals surface area contributed by atoms with Crippen LogP contribution in [-0.4, -0.2) is 41.6 Å². The molecule has 0 aromatic carbocycles. The van der Waals surface area contributed by atoms with Crippen molar-refractivity contribution < 1.29 is 4.74 Å². The highest BCUT2D eigenvalue weighted by Crippen LogP contribution is 2.37. The van der Waals surface area contributed by atoms with Crippen molar-refractivity contribution in [2.75, 3.05) is 31.7 Å². The number of nitrogens with zero attached hydrogens (tertiary/aromatic N) is 3. The molecule has 0 unspecified atom stereocenters. The Labute approximate surface area is 113 Å². The minimum atomic E-state index is 0.545. The van der Waals surface area contributed by atoms with Crippen molar-refractivity contribution in [2.45, 2.75) is 32.7 Å². The van der Waals surface area contributed by atoms with E-state index in [2.05, 4.69) is 33.5 Å². The minimum absolute atomic E-state index is 0.545. The van der Waals surface area contributed by atoms with Gasteiger partial charge in [-0.1, -0.05) is 13.8 Å². The molecule has 5 nitrogen and oxygen atoms in total. The molecular formula is C12H22N4OS. The van der Waals surface area contributed by atoms with Crippen LogP contribution in [0, 0.1) is 10.7 Å². The molecule has 1 aromatic rings. The normalized spacial score (nSPS) is 15.3. The Kier molecular flexibility index (Phi) is 4.40. The van der Waals surface area contributed by atoms with E-state index in [0.29, 0.717) is 18.6 Å². The molecule has 0 spiro atoms. The number of aromatic amines is 1. The second kappa shape index (κ2) is 5.84. The van der Waals surface area contributed by atoms with E-state index in [0.717, 1.165) is 23.8 Å². The lowest BCUT2D eigenvalue weighted by atomic mass is 10.2. The van der Waals surface area contributed by atoms with Crippen LogP contribution in [0.2, 0.25) is 0 Å². The van der Waals surface area contributed by atoms with Crippen molar-refractivity contribution >= 4 is 18.2 Å². The van der Waals surface area contributed by atoms with E-state index in [4.69, 9.17) is 17.0 Å². The Morgan fingerprint density at radius 2 is 2.28 bits per heavy atom. The molecule has 1 aliphatic rings. The van der Waals surface area contributed by atoms with Gasteiger partial charge in [-0.25, -0.2) is 5.10 Å². The topological polar surface area (TPSA) is 46.1 Å². The van der Waals surface area contributed by atoms with Gasteiger partial charge in [0.15, 0.2) is 4.77 Å². The van der Waals surface area contributed by atoms with Crippen LogP contribution in [-0.2, 0) is 4.74 Å². The number of methoxy groups -OCH3 is 1. The van der Waals surface area contributed by atoms with E-state index in [1.807, 2.05) is 0 Å². The lowest BCUT2D eigenvalue weighted by Gasteiger charge is -2.25. The van der Waals surface area contributed by atoms with Gasteiger partial charge in [0.2, 0.25) is 5.95 Å². The van der Waals surface area contributed by atoms with Gasteiger partial charge in [-0.2, -0.15) is 0 Å². The van der Waals surface area contributed by atoms with Crippen molar-refractivity contribution in [3.05, 3.63) is 4.77 Å². The standard InChI is InChI=1S/C12H22N4OS/c1-9(2)8-15(6-7-17-3)11-13-14-12(18)16(11)10-4-5-10/h9-10H,4-8H2,1-3H3,(H,14,18). The maximum absolute atomic E-state index is 5.32. The minimum Gasteiger partial charge on any atom is -0.383 e. The van der Waals surface area contributed by atoms with Gasteiger partial charge in [-0.3, -0.25) is 4.57 Å². The van der Waals surface area contributed by atoms with Crippen LogP contribution in [0.15, 0.2) is 0 Å². The number of anilines is 1. The van der Waals surface area contributed by atoms with Gasteiger partial charge < -0.3 is 9.64 Å². The molecule has 0 radical (unpaired) electrons. The molecule has 18 heavy (non-hydrogen) atoms. The van der Waals surface area contributed by atoms with Crippen LogP contribution in [0.4, 0.5) is 5.95 Å². The van der Waals surface area contributed by atoms with Gasteiger partial charge >= 0.3 is 0 Å². The van der Waals surface area contributed by atoms with Gasteiger partial charge in [-0.15, -0.1) is 5.10 Å². The fraction of sp³-hybridized carbons (Fsp3) is 0.833. The Bertz CT molecular complexity index is 436. The third kappa shape index (κ3) is 3.11. The first-order valence-electron chi connectivity index (χ1n) is 6.54. The predicted octanol–water partition coefficient (Wildman–Crippen LogP) is 2.38. The molecule has 0 bridgehead atoms. The molecule has 1 saturated carbocycles. The molecule has 1 aromatic heterocycles. The Balaban J connectivity index is 2.20. The van der Waals surface area contributed by atoms with E-state index in [1.165, 1.54) is 12.8 Å². The molecule has 1 fully saturated rings. The van der Waals surface area contributed by atoms with E-state index >= 15 is 0 Å². The van der Waals surface area contributed by atoms with Crippen LogP contribution in [0.5, 0.6) is 0 Å². The number of aromatic nitrogens is 3. The molecule has 0 amide bonds. The Hall–Kier alpha value is -0.880. The van der Waals surface area contributed by atoms with E-state index in [9.17, 15) is 0 Å². The quantitative estimate of drug-likeness (QED) is 0.773. The predicted molar refractivity (Wildman–Crippen MR) is 74.6 cm³/mol. The van der Waals surface area contributed by atoms with Crippen LogP contribution >= 0.6 is 12.2 Å². The maximum Gasteiger partial charge on any atom is 0.226 e. The van der Waals surface area contributed by atoms with E-state index in [1.54, 1.807) is 7.11 Å². The van der Waals surface area contributed by atoms with E-state index < -0.39 is 0 Å². The van der Waals surface area contributed by atoms with Gasteiger partial charge in [0.25, 0.3) is 0 Å². The number of rotatable bonds is 7. The molecule has 1 N–H and O–H groups in total. The number of ether oxygens (including phenoxy) is 1. The van der Waals surface area contributed by atoms with Gasteiger partial charge in [-0.05, 0) is 31.0 Å². The lowest BCUT2D eigenvalue weighted by molar-refractivity contribution is 0.204. The number of H-pyrrole nitrogens is 1. The van der Waals surface area contributed by atoms with Crippen LogP contribution in [0.25, 0.3) is 0 Å². The van der Waals surface area contributed by atoms with Gasteiger partial charge in [0, 0.05) is 26.2 Å². The SMILES string of the molecule is COCCN(CC(C)C)c1n[nH]c(=S)n1C1CC1. The summed E-state index contributed by atoms with van der Waals surface area (Å²) in [4.78, 5) is 2.26. The highest BCUT2D eigenvalue weighted by atomic mass is 32.1. The smallest absolute Gasteiger partial charge is 0.226 e.